The smallest absolute Gasteiger partial charge is 0.263 e. The summed E-state index contributed by atoms with van der Waals surface area (Å²) >= 11 is 0. The van der Waals surface area contributed by atoms with Crippen LogP contribution in [0, 0.1) is 0 Å². The van der Waals surface area contributed by atoms with Gasteiger partial charge in [-0.2, -0.15) is 0 Å². The Labute approximate surface area is 166 Å². The predicted octanol–water partition coefficient (Wildman–Crippen LogP) is 1.19. The molecule has 2 aliphatic heterocycles. The fourth-order valence-corrected chi connectivity index (χ4v) is 3.73. The number of hydrogen-bond acceptors (Lipinski definition) is 5. The molecule has 2 aliphatic rings. The van der Waals surface area contributed by atoms with Gasteiger partial charge in [-0.25, -0.2) is 0 Å². The van der Waals surface area contributed by atoms with Gasteiger partial charge in [0.2, 0.25) is 0 Å². The quantitative estimate of drug-likeness (QED) is 0.790. The van der Waals surface area contributed by atoms with Crippen molar-refractivity contribution in [2.45, 2.75) is 51.4 Å². The van der Waals surface area contributed by atoms with Crippen molar-refractivity contribution in [3.63, 3.8) is 0 Å². The number of nitrogens with two attached hydrogens (primary N) is 1. The molecule has 154 valence electrons. The monoisotopic (exact) mass is 389 g/mol. The topological polar surface area (TPSA) is 85.1 Å². The molecule has 1 unspecified atom stereocenters. The molecule has 7 heteroatoms. The highest BCUT2D eigenvalue weighted by Gasteiger charge is 2.35. The maximum absolute atomic E-state index is 12.7. The average Bonchev–Trinajstić information content (AvgIpc) is 3.22. The van der Waals surface area contributed by atoms with Crippen LogP contribution in [0.15, 0.2) is 24.3 Å². The van der Waals surface area contributed by atoms with Gasteiger partial charge in [-0.1, -0.05) is 19.1 Å². The van der Waals surface area contributed by atoms with Gasteiger partial charge in [0, 0.05) is 32.7 Å². The van der Waals surface area contributed by atoms with Crippen LogP contribution >= 0.6 is 0 Å². The van der Waals surface area contributed by atoms with Crippen molar-refractivity contribution in [1.29, 1.82) is 0 Å². The van der Waals surface area contributed by atoms with Crippen molar-refractivity contribution < 1.29 is 19.1 Å². The SMILES string of the molecule is CCc1ccc(OC(C)C(=O)N2CCN(C(=O)[C@@H]3CC[C@H](CN)O3)CC2)cc1. The lowest BCUT2D eigenvalue weighted by atomic mass is 10.1. The second-order valence-corrected chi connectivity index (χ2v) is 7.47. The van der Waals surface area contributed by atoms with Gasteiger partial charge in [0.25, 0.3) is 11.8 Å². The van der Waals surface area contributed by atoms with Gasteiger partial charge in [-0.05, 0) is 43.9 Å². The van der Waals surface area contributed by atoms with E-state index in [0.29, 0.717) is 38.5 Å². The van der Waals surface area contributed by atoms with Crippen molar-refractivity contribution in [1.82, 2.24) is 9.80 Å². The Morgan fingerprint density at radius 2 is 1.79 bits per heavy atom. The number of piperazine rings is 1. The van der Waals surface area contributed by atoms with E-state index in [0.717, 1.165) is 19.3 Å². The molecule has 0 saturated carbocycles. The summed E-state index contributed by atoms with van der Waals surface area (Å²) < 4.78 is 11.5. The van der Waals surface area contributed by atoms with E-state index in [-0.39, 0.29) is 24.0 Å². The van der Waals surface area contributed by atoms with E-state index in [1.54, 1.807) is 16.7 Å². The fraction of sp³-hybridized carbons (Fsp3) is 0.619. The number of ether oxygens (including phenoxy) is 2. The molecule has 0 bridgehead atoms. The molecule has 0 aromatic heterocycles. The van der Waals surface area contributed by atoms with Crippen LogP contribution in [0.3, 0.4) is 0 Å². The Bertz CT molecular complexity index is 671. The van der Waals surface area contributed by atoms with Crippen LogP contribution < -0.4 is 10.5 Å². The molecule has 2 heterocycles. The first kappa shape index (κ1) is 20.6. The highest BCUT2D eigenvalue weighted by atomic mass is 16.5. The van der Waals surface area contributed by atoms with Gasteiger partial charge in [-0.3, -0.25) is 9.59 Å². The summed E-state index contributed by atoms with van der Waals surface area (Å²) in [5.74, 6) is 0.662. The molecule has 2 amide bonds. The first-order chi connectivity index (χ1) is 13.5. The van der Waals surface area contributed by atoms with E-state index in [2.05, 4.69) is 6.92 Å². The maximum atomic E-state index is 12.7. The number of carbonyl (C=O) groups excluding carboxylic acids is 2. The third kappa shape index (κ3) is 4.83. The zero-order valence-electron chi connectivity index (χ0n) is 16.8. The van der Waals surface area contributed by atoms with Crippen LogP contribution in [0.1, 0.15) is 32.3 Å². The molecule has 3 rings (SSSR count). The molecule has 2 N–H and O–H groups in total. The predicted molar refractivity (Wildman–Crippen MR) is 106 cm³/mol. The molecule has 28 heavy (non-hydrogen) atoms. The Morgan fingerprint density at radius 3 is 2.36 bits per heavy atom. The van der Waals surface area contributed by atoms with Gasteiger partial charge in [0.1, 0.15) is 11.9 Å². The molecular formula is C21H31N3O4. The zero-order valence-corrected chi connectivity index (χ0v) is 16.8. The summed E-state index contributed by atoms with van der Waals surface area (Å²) in [5.41, 5.74) is 6.85. The van der Waals surface area contributed by atoms with Crippen LogP contribution in [-0.4, -0.2) is 72.6 Å². The molecule has 1 aromatic rings. The van der Waals surface area contributed by atoms with Crippen molar-refractivity contribution in [2.75, 3.05) is 32.7 Å². The zero-order chi connectivity index (χ0) is 20.1. The number of carbonyl (C=O) groups is 2. The molecule has 7 nitrogen and oxygen atoms in total. The highest BCUT2D eigenvalue weighted by Crippen LogP contribution is 2.21. The number of rotatable bonds is 6. The highest BCUT2D eigenvalue weighted by molar-refractivity contribution is 5.83. The first-order valence-corrected chi connectivity index (χ1v) is 10.2. The van der Waals surface area contributed by atoms with Crippen molar-refractivity contribution >= 4 is 11.8 Å². The maximum Gasteiger partial charge on any atom is 0.263 e. The van der Waals surface area contributed by atoms with E-state index in [1.165, 1.54) is 5.56 Å². The number of amides is 2. The standard InChI is InChI=1S/C21H31N3O4/c1-3-16-4-6-17(7-5-16)27-15(2)20(25)23-10-12-24(13-11-23)21(26)19-9-8-18(14-22)28-19/h4-7,15,18-19H,3,8-14,22H2,1-2H3/t15?,18-,19+/m1/s1. The van der Waals surface area contributed by atoms with Crippen molar-refractivity contribution in [2.24, 2.45) is 5.73 Å². The molecule has 0 spiro atoms. The molecule has 1 aromatic carbocycles. The molecular weight excluding hydrogens is 358 g/mol. The largest absolute Gasteiger partial charge is 0.481 e. The minimum atomic E-state index is -0.557. The van der Waals surface area contributed by atoms with E-state index < -0.39 is 6.10 Å². The summed E-state index contributed by atoms with van der Waals surface area (Å²) in [6.45, 7) is 6.39. The van der Waals surface area contributed by atoms with Gasteiger partial charge < -0.3 is 25.0 Å². The molecule has 0 radical (unpaired) electrons. The van der Waals surface area contributed by atoms with Crippen LogP contribution in [-0.2, 0) is 20.7 Å². The Hall–Kier alpha value is -2.12. The van der Waals surface area contributed by atoms with Crippen LogP contribution in [0.25, 0.3) is 0 Å². The van der Waals surface area contributed by atoms with E-state index >= 15 is 0 Å². The molecule has 0 aliphatic carbocycles. The van der Waals surface area contributed by atoms with Crippen LogP contribution in [0.5, 0.6) is 5.75 Å². The number of aryl methyl sites for hydroxylation is 1. The van der Waals surface area contributed by atoms with E-state index in [1.807, 2.05) is 24.3 Å². The fourth-order valence-electron chi connectivity index (χ4n) is 3.73. The normalized spacial score (nSPS) is 23.5. The minimum absolute atomic E-state index is 0.0128. The van der Waals surface area contributed by atoms with E-state index in [9.17, 15) is 9.59 Å². The Kier molecular flexibility index (Phi) is 6.91. The summed E-state index contributed by atoms with van der Waals surface area (Å²) in [4.78, 5) is 28.9. The number of benzene rings is 1. The molecule has 2 fully saturated rings. The third-order valence-electron chi connectivity index (χ3n) is 5.54. The Morgan fingerprint density at radius 1 is 1.14 bits per heavy atom. The first-order valence-electron chi connectivity index (χ1n) is 10.2. The van der Waals surface area contributed by atoms with E-state index in [4.69, 9.17) is 15.2 Å². The van der Waals surface area contributed by atoms with Crippen LogP contribution in [0.2, 0.25) is 0 Å². The summed E-state index contributed by atoms with van der Waals surface area (Å²) in [7, 11) is 0. The average molecular weight is 389 g/mol. The lowest BCUT2D eigenvalue weighted by molar-refractivity contribution is -0.149. The summed E-state index contributed by atoms with van der Waals surface area (Å²) in [6.07, 6.45) is 1.57. The lowest BCUT2D eigenvalue weighted by Crippen LogP contribution is -2.55. The minimum Gasteiger partial charge on any atom is -0.481 e. The third-order valence-corrected chi connectivity index (χ3v) is 5.54. The molecule has 2 saturated heterocycles. The summed E-state index contributed by atoms with van der Waals surface area (Å²) in [6, 6.07) is 7.82. The lowest BCUT2D eigenvalue weighted by Gasteiger charge is -2.36. The number of nitrogens with zero attached hydrogens (tertiary/aromatic N) is 2. The van der Waals surface area contributed by atoms with Gasteiger partial charge in [-0.15, -0.1) is 0 Å². The van der Waals surface area contributed by atoms with Gasteiger partial charge >= 0.3 is 0 Å². The van der Waals surface area contributed by atoms with Gasteiger partial charge in [0.15, 0.2) is 6.10 Å². The second-order valence-electron chi connectivity index (χ2n) is 7.47. The number of hydrogen-bond donors (Lipinski definition) is 1. The van der Waals surface area contributed by atoms with Gasteiger partial charge in [0.05, 0.1) is 6.10 Å². The second kappa shape index (κ2) is 9.39. The van der Waals surface area contributed by atoms with Crippen LogP contribution in [0.4, 0.5) is 0 Å². The van der Waals surface area contributed by atoms with Crippen molar-refractivity contribution in [3.05, 3.63) is 29.8 Å². The molecule has 3 atom stereocenters. The summed E-state index contributed by atoms with van der Waals surface area (Å²) in [5, 5.41) is 0. The van der Waals surface area contributed by atoms with Crippen molar-refractivity contribution in [3.8, 4) is 5.75 Å². The Balaban J connectivity index is 1.47.